The first-order chi connectivity index (χ1) is 8.49. The number of carboxylic acids is 1. The van der Waals surface area contributed by atoms with Gasteiger partial charge in [-0.25, -0.2) is 0 Å². The van der Waals surface area contributed by atoms with Crippen molar-refractivity contribution in [2.24, 2.45) is 0 Å². The van der Waals surface area contributed by atoms with Gasteiger partial charge in [-0.2, -0.15) is 0 Å². The Kier molecular flexibility index (Phi) is 3.23. The minimum atomic E-state index is -0.920. The topological polar surface area (TPSA) is 66.8 Å². The number of ether oxygens (including phenoxy) is 1. The van der Waals surface area contributed by atoms with Crippen molar-refractivity contribution in [3.8, 4) is 5.75 Å². The fourth-order valence-electron chi connectivity index (χ4n) is 1.96. The predicted molar refractivity (Wildman–Crippen MR) is 65.9 cm³/mol. The van der Waals surface area contributed by atoms with Gasteiger partial charge in [-0.15, -0.1) is 0 Å². The average molecular weight is 249 g/mol. The first-order valence-electron chi connectivity index (χ1n) is 5.79. The maximum absolute atomic E-state index is 12.0. The summed E-state index contributed by atoms with van der Waals surface area (Å²) in [4.78, 5) is 24.2. The van der Waals surface area contributed by atoms with Crippen molar-refractivity contribution < 1.29 is 19.4 Å². The van der Waals surface area contributed by atoms with E-state index in [0.717, 1.165) is 5.56 Å². The molecule has 5 heteroatoms. The number of carboxylic acid groups (broad SMARTS) is 1. The van der Waals surface area contributed by atoms with Crippen LogP contribution in [-0.4, -0.2) is 29.6 Å². The summed E-state index contributed by atoms with van der Waals surface area (Å²) in [7, 11) is 0. The number of hydrogen-bond acceptors (Lipinski definition) is 3. The van der Waals surface area contributed by atoms with E-state index in [1.54, 1.807) is 13.0 Å². The van der Waals surface area contributed by atoms with Gasteiger partial charge < -0.3 is 14.7 Å². The zero-order chi connectivity index (χ0) is 13.3. The van der Waals surface area contributed by atoms with Crippen LogP contribution < -0.4 is 9.64 Å². The van der Waals surface area contributed by atoms with Gasteiger partial charge in [0, 0.05) is 6.54 Å². The number of aliphatic carboxylic acids is 1. The average Bonchev–Trinajstić information content (AvgIpc) is 2.30. The highest BCUT2D eigenvalue weighted by atomic mass is 16.5. The highest BCUT2D eigenvalue weighted by Gasteiger charge is 2.31. The van der Waals surface area contributed by atoms with E-state index in [1.165, 1.54) is 4.90 Å². The lowest BCUT2D eigenvalue weighted by Gasteiger charge is -2.33. The number of nitrogens with zero attached hydrogens (tertiary/aromatic N) is 1. The van der Waals surface area contributed by atoms with Crippen LogP contribution in [-0.2, 0) is 9.59 Å². The molecule has 0 spiro atoms. The van der Waals surface area contributed by atoms with E-state index < -0.39 is 12.1 Å². The molecule has 0 radical (unpaired) electrons. The SMILES string of the molecule is Cc1ccc2c(c1)N(CCC(=O)O)C(=O)C(C)O2. The van der Waals surface area contributed by atoms with Crippen LogP contribution in [0.5, 0.6) is 5.75 Å². The van der Waals surface area contributed by atoms with Crippen molar-refractivity contribution in [1.82, 2.24) is 0 Å². The van der Waals surface area contributed by atoms with Gasteiger partial charge in [0.25, 0.3) is 5.91 Å². The molecule has 1 atom stereocenters. The Morgan fingerprint density at radius 3 is 2.89 bits per heavy atom. The standard InChI is InChI=1S/C13H15NO4/c1-8-3-4-11-10(7-8)14(6-5-12(15)16)13(17)9(2)18-11/h3-4,7,9H,5-6H2,1-2H3,(H,15,16). The molecule has 2 rings (SSSR count). The van der Waals surface area contributed by atoms with Gasteiger partial charge >= 0.3 is 5.97 Å². The molecule has 1 heterocycles. The lowest BCUT2D eigenvalue weighted by molar-refractivity contribution is -0.136. The number of carbonyl (C=O) groups excluding carboxylic acids is 1. The zero-order valence-electron chi connectivity index (χ0n) is 10.3. The molecule has 1 aliphatic rings. The molecule has 0 saturated carbocycles. The normalized spacial score (nSPS) is 18.2. The van der Waals surface area contributed by atoms with Crippen molar-refractivity contribution in [2.75, 3.05) is 11.4 Å². The fraction of sp³-hybridized carbons (Fsp3) is 0.385. The van der Waals surface area contributed by atoms with Crippen molar-refractivity contribution >= 4 is 17.6 Å². The van der Waals surface area contributed by atoms with E-state index in [9.17, 15) is 9.59 Å². The second-order valence-electron chi connectivity index (χ2n) is 4.36. The molecule has 0 saturated heterocycles. The lowest BCUT2D eigenvalue weighted by Crippen LogP contribution is -2.45. The Bertz CT molecular complexity index is 498. The number of hydrogen-bond donors (Lipinski definition) is 1. The summed E-state index contributed by atoms with van der Waals surface area (Å²) in [5, 5.41) is 8.73. The maximum atomic E-state index is 12.0. The summed E-state index contributed by atoms with van der Waals surface area (Å²) in [5.74, 6) is -0.497. The minimum Gasteiger partial charge on any atom is -0.481 e. The zero-order valence-corrected chi connectivity index (χ0v) is 10.3. The molecule has 0 fully saturated rings. The molecule has 5 nitrogen and oxygen atoms in total. The summed E-state index contributed by atoms with van der Waals surface area (Å²) in [6.45, 7) is 3.75. The van der Waals surface area contributed by atoms with Gasteiger partial charge in [0.1, 0.15) is 5.75 Å². The molecule has 1 N–H and O–H groups in total. The number of rotatable bonds is 3. The molecule has 1 unspecified atom stereocenters. The van der Waals surface area contributed by atoms with Crippen LogP contribution in [0.2, 0.25) is 0 Å². The Labute approximate surface area is 105 Å². The summed E-state index contributed by atoms with van der Waals surface area (Å²) in [5.41, 5.74) is 1.65. The van der Waals surface area contributed by atoms with Gasteiger partial charge in [0.15, 0.2) is 6.10 Å². The molecule has 0 aliphatic carbocycles. The van der Waals surface area contributed by atoms with Crippen LogP contribution in [0.3, 0.4) is 0 Å². The molecule has 96 valence electrons. The summed E-state index contributed by atoms with van der Waals surface area (Å²) >= 11 is 0. The van der Waals surface area contributed by atoms with E-state index >= 15 is 0 Å². The number of aryl methyl sites for hydroxylation is 1. The minimum absolute atomic E-state index is 0.0775. The molecule has 0 aromatic heterocycles. The quantitative estimate of drug-likeness (QED) is 0.883. The number of anilines is 1. The third-order valence-corrected chi connectivity index (χ3v) is 2.87. The number of fused-ring (bicyclic) bond motifs is 1. The number of carbonyl (C=O) groups is 2. The van der Waals surface area contributed by atoms with E-state index in [1.807, 2.05) is 19.1 Å². The largest absolute Gasteiger partial charge is 0.481 e. The second-order valence-corrected chi connectivity index (χ2v) is 4.36. The molecular formula is C13H15NO4. The number of benzene rings is 1. The first kappa shape index (κ1) is 12.4. The maximum Gasteiger partial charge on any atom is 0.305 e. The lowest BCUT2D eigenvalue weighted by atomic mass is 10.1. The van der Waals surface area contributed by atoms with Crippen LogP contribution in [0.15, 0.2) is 18.2 Å². The number of amides is 1. The smallest absolute Gasteiger partial charge is 0.305 e. The summed E-state index contributed by atoms with van der Waals surface area (Å²) in [6, 6.07) is 5.54. The van der Waals surface area contributed by atoms with E-state index in [0.29, 0.717) is 11.4 Å². The Balaban J connectivity index is 2.34. The first-order valence-corrected chi connectivity index (χ1v) is 5.79. The third kappa shape index (κ3) is 2.30. The molecule has 1 aromatic carbocycles. The van der Waals surface area contributed by atoms with Crippen molar-refractivity contribution in [2.45, 2.75) is 26.4 Å². The molecule has 0 bridgehead atoms. The van der Waals surface area contributed by atoms with Crippen LogP contribution in [0.1, 0.15) is 18.9 Å². The van der Waals surface area contributed by atoms with E-state index in [-0.39, 0.29) is 18.9 Å². The van der Waals surface area contributed by atoms with Gasteiger partial charge in [0.05, 0.1) is 12.1 Å². The Morgan fingerprint density at radius 1 is 1.50 bits per heavy atom. The van der Waals surface area contributed by atoms with Crippen LogP contribution >= 0.6 is 0 Å². The molecular weight excluding hydrogens is 234 g/mol. The van der Waals surface area contributed by atoms with Gasteiger partial charge in [-0.05, 0) is 31.5 Å². The van der Waals surface area contributed by atoms with Gasteiger partial charge in [-0.3, -0.25) is 9.59 Å². The third-order valence-electron chi connectivity index (χ3n) is 2.87. The highest BCUT2D eigenvalue weighted by Crippen LogP contribution is 2.34. The van der Waals surface area contributed by atoms with Crippen molar-refractivity contribution in [3.63, 3.8) is 0 Å². The Hall–Kier alpha value is -2.04. The monoisotopic (exact) mass is 249 g/mol. The predicted octanol–water partition coefficient (Wildman–Crippen LogP) is 1.58. The summed E-state index contributed by atoms with van der Waals surface area (Å²) < 4.78 is 5.50. The van der Waals surface area contributed by atoms with Crippen molar-refractivity contribution in [3.05, 3.63) is 23.8 Å². The summed E-state index contributed by atoms with van der Waals surface area (Å²) in [6.07, 6.45) is -0.653. The fourth-order valence-corrected chi connectivity index (χ4v) is 1.96. The van der Waals surface area contributed by atoms with Crippen LogP contribution in [0.4, 0.5) is 5.69 Å². The molecule has 1 amide bonds. The van der Waals surface area contributed by atoms with E-state index in [4.69, 9.17) is 9.84 Å². The molecule has 1 aromatic rings. The van der Waals surface area contributed by atoms with Crippen LogP contribution in [0.25, 0.3) is 0 Å². The highest BCUT2D eigenvalue weighted by molar-refractivity contribution is 6.00. The van der Waals surface area contributed by atoms with E-state index in [2.05, 4.69) is 0 Å². The van der Waals surface area contributed by atoms with Gasteiger partial charge in [0.2, 0.25) is 0 Å². The second kappa shape index (κ2) is 4.68. The molecule has 1 aliphatic heterocycles. The van der Waals surface area contributed by atoms with Crippen molar-refractivity contribution in [1.29, 1.82) is 0 Å². The Morgan fingerprint density at radius 2 is 2.22 bits per heavy atom. The molecule has 18 heavy (non-hydrogen) atoms. The van der Waals surface area contributed by atoms with Gasteiger partial charge in [-0.1, -0.05) is 6.07 Å². The van der Waals surface area contributed by atoms with Crippen LogP contribution in [0, 0.1) is 6.92 Å².